The van der Waals surface area contributed by atoms with Gasteiger partial charge in [-0.05, 0) is 42.1 Å². The summed E-state index contributed by atoms with van der Waals surface area (Å²) in [5, 5.41) is 8.89. The van der Waals surface area contributed by atoms with Crippen LogP contribution in [-0.4, -0.2) is 20.5 Å². The largest absolute Gasteiger partial charge is 0.398 e. The van der Waals surface area contributed by atoms with E-state index in [1.165, 1.54) is 11.8 Å². The van der Waals surface area contributed by atoms with Crippen LogP contribution in [0.15, 0.2) is 52.6 Å². The van der Waals surface area contributed by atoms with E-state index in [1.807, 2.05) is 34.9 Å². The number of amides is 1. The summed E-state index contributed by atoms with van der Waals surface area (Å²) in [6.45, 7) is 0. The standard InChI is InChI=1S/C13H11N5OS/c14-10-5-4-8(7-9(10)12(15)19)20-13-17-16-11-3-1-2-6-18(11)13/h1-7H,14H2,(H2,15,19). The summed E-state index contributed by atoms with van der Waals surface area (Å²) in [4.78, 5) is 12.1. The molecule has 0 fully saturated rings. The van der Waals surface area contributed by atoms with Crippen LogP contribution in [0.25, 0.3) is 5.65 Å². The van der Waals surface area contributed by atoms with Crippen molar-refractivity contribution in [3.05, 3.63) is 48.2 Å². The van der Waals surface area contributed by atoms with Crippen LogP contribution in [0.4, 0.5) is 5.69 Å². The maximum atomic E-state index is 11.3. The van der Waals surface area contributed by atoms with Crippen molar-refractivity contribution < 1.29 is 4.79 Å². The molecule has 0 spiro atoms. The number of carbonyl (C=O) groups is 1. The molecule has 20 heavy (non-hydrogen) atoms. The fourth-order valence-corrected chi connectivity index (χ4v) is 2.66. The number of nitrogen functional groups attached to an aromatic ring is 1. The molecule has 3 rings (SSSR count). The highest BCUT2D eigenvalue weighted by molar-refractivity contribution is 7.99. The summed E-state index contributed by atoms with van der Waals surface area (Å²) < 4.78 is 1.87. The Kier molecular flexibility index (Phi) is 3.03. The third kappa shape index (κ3) is 2.19. The van der Waals surface area contributed by atoms with E-state index in [-0.39, 0.29) is 0 Å². The Morgan fingerprint density at radius 1 is 1.20 bits per heavy atom. The van der Waals surface area contributed by atoms with Crippen molar-refractivity contribution >= 4 is 29.0 Å². The first kappa shape index (κ1) is 12.5. The minimum Gasteiger partial charge on any atom is -0.398 e. The first-order chi connectivity index (χ1) is 9.65. The third-order valence-corrected chi connectivity index (χ3v) is 3.73. The molecule has 0 aliphatic carbocycles. The zero-order valence-corrected chi connectivity index (χ0v) is 11.2. The van der Waals surface area contributed by atoms with Crippen molar-refractivity contribution in [3.63, 3.8) is 0 Å². The highest BCUT2D eigenvalue weighted by atomic mass is 32.2. The van der Waals surface area contributed by atoms with Crippen LogP contribution in [0.1, 0.15) is 10.4 Å². The Morgan fingerprint density at radius 3 is 2.85 bits per heavy atom. The SMILES string of the molecule is NC(=O)c1cc(Sc2nnc3ccccn23)ccc1N. The molecule has 2 heterocycles. The molecule has 3 aromatic rings. The molecule has 2 aromatic heterocycles. The molecule has 0 saturated heterocycles. The van der Waals surface area contributed by atoms with Crippen LogP contribution in [-0.2, 0) is 0 Å². The highest BCUT2D eigenvalue weighted by Crippen LogP contribution is 2.28. The average Bonchev–Trinajstić information content (AvgIpc) is 2.84. The van der Waals surface area contributed by atoms with Gasteiger partial charge in [-0.1, -0.05) is 6.07 Å². The monoisotopic (exact) mass is 285 g/mol. The molecule has 4 N–H and O–H groups in total. The number of hydrogen-bond acceptors (Lipinski definition) is 5. The Balaban J connectivity index is 1.99. The second-order valence-electron chi connectivity index (χ2n) is 4.13. The van der Waals surface area contributed by atoms with Gasteiger partial charge < -0.3 is 11.5 Å². The van der Waals surface area contributed by atoms with Crippen LogP contribution < -0.4 is 11.5 Å². The van der Waals surface area contributed by atoms with E-state index in [0.717, 1.165) is 10.5 Å². The van der Waals surface area contributed by atoms with Gasteiger partial charge in [0.1, 0.15) is 0 Å². The summed E-state index contributed by atoms with van der Waals surface area (Å²) in [6.07, 6.45) is 1.88. The number of anilines is 1. The molecule has 0 aliphatic rings. The minimum absolute atomic E-state index is 0.309. The van der Waals surface area contributed by atoms with Gasteiger partial charge in [-0.2, -0.15) is 0 Å². The molecule has 7 heteroatoms. The smallest absolute Gasteiger partial charge is 0.250 e. The number of pyridine rings is 1. The van der Waals surface area contributed by atoms with Crippen LogP contribution in [0, 0.1) is 0 Å². The quantitative estimate of drug-likeness (QED) is 0.711. The predicted molar refractivity (Wildman–Crippen MR) is 76.5 cm³/mol. The normalized spacial score (nSPS) is 10.8. The maximum Gasteiger partial charge on any atom is 0.250 e. The van der Waals surface area contributed by atoms with E-state index in [1.54, 1.807) is 12.1 Å². The molecule has 0 atom stereocenters. The van der Waals surface area contributed by atoms with Crippen molar-refractivity contribution in [2.24, 2.45) is 5.73 Å². The zero-order chi connectivity index (χ0) is 14.1. The summed E-state index contributed by atoms with van der Waals surface area (Å²) >= 11 is 1.39. The molecule has 0 radical (unpaired) electrons. The van der Waals surface area contributed by atoms with Crippen molar-refractivity contribution in [1.29, 1.82) is 0 Å². The number of carbonyl (C=O) groups excluding carboxylic acids is 1. The number of nitrogens with zero attached hydrogens (tertiary/aromatic N) is 3. The second-order valence-corrected chi connectivity index (χ2v) is 5.17. The van der Waals surface area contributed by atoms with Crippen molar-refractivity contribution in [2.75, 3.05) is 5.73 Å². The molecule has 100 valence electrons. The lowest BCUT2D eigenvalue weighted by molar-refractivity contribution is 0.100. The average molecular weight is 285 g/mol. The molecule has 0 saturated carbocycles. The van der Waals surface area contributed by atoms with E-state index >= 15 is 0 Å². The topological polar surface area (TPSA) is 99.3 Å². The lowest BCUT2D eigenvalue weighted by Crippen LogP contribution is -2.13. The summed E-state index contributed by atoms with van der Waals surface area (Å²) in [5.74, 6) is -0.545. The number of primary amides is 1. The Labute approximate surface area is 118 Å². The minimum atomic E-state index is -0.545. The summed E-state index contributed by atoms with van der Waals surface area (Å²) in [6, 6.07) is 10.8. The van der Waals surface area contributed by atoms with Crippen molar-refractivity contribution in [1.82, 2.24) is 14.6 Å². The first-order valence-corrected chi connectivity index (χ1v) is 6.64. The summed E-state index contributed by atoms with van der Waals surface area (Å²) in [5.41, 5.74) is 12.4. The van der Waals surface area contributed by atoms with E-state index in [4.69, 9.17) is 11.5 Å². The molecule has 1 amide bonds. The molecule has 0 unspecified atom stereocenters. The van der Waals surface area contributed by atoms with Crippen LogP contribution in [0.5, 0.6) is 0 Å². The van der Waals surface area contributed by atoms with Gasteiger partial charge in [0, 0.05) is 16.8 Å². The molecule has 0 bridgehead atoms. The molecular weight excluding hydrogens is 274 g/mol. The van der Waals surface area contributed by atoms with Gasteiger partial charge in [-0.25, -0.2) is 0 Å². The predicted octanol–water partition coefficient (Wildman–Crippen LogP) is 1.56. The van der Waals surface area contributed by atoms with Gasteiger partial charge >= 0.3 is 0 Å². The number of fused-ring (bicyclic) bond motifs is 1. The van der Waals surface area contributed by atoms with Crippen LogP contribution in [0.3, 0.4) is 0 Å². The number of hydrogen-bond donors (Lipinski definition) is 2. The van der Waals surface area contributed by atoms with E-state index in [0.29, 0.717) is 16.4 Å². The summed E-state index contributed by atoms with van der Waals surface area (Å²) in [7, 11) is 0. The van der Waals surface area contributed by atoms with Gasteiger partial charge in [0.15, 0.2) is 10.8 Å². The van der Waals surface area contributed by atoms with Gasteiger partial charge in [0.25, 0.3) is 5.91 Å². The Bertz CT molecular complexity index is 798. The third-order valence-electron chi connectivity index (χ3n) is 2.78. The Hall–Kier alpha value is -2.54. The van der Waals surface area contributed by atoms with E-state index < -0.39 is 5.91 Å². The van der Waals surface area contributed by atoms with E-state index in [2.05, 4.69) is 10.2 Å². The molecule has 0 aliphatic heterocycles. The lowest BCUT2D eigenvalue weighted by Gasteiger charge is -2.04. The second kappa shape index (κ2) is 4.86. The van der Waals surface area contributed by atoms with Crippen LogP contribution >= 0.6 is 11.8 Å². The van der Waals surface area contributed by atoms with Gasteiger partial charge in [-0.15, -0.1) is 10.2 Å². The number of nitrogens with two attached hydrogens (primary N) is 2. The lowest BCUT2D eigenvalue weighted by atomic mass is 10.2. The molecule has 1 aromatic carbocycles. The zero-order valence-electron chi connectivity index (χ0n) is 10.4. The maximum absolute atomic E-state index is 11.3. The fourth-order valence-electron chi connectivity index (χ4n) is 1.81. The highest BCUT2D eigenvalue weighted by Gasteiger charge is 2.10. The molecular formula is C13H11N5OS. The fraction of sp³-hybridized carbons (Fsp3) is 0. The first-order valence-electron chi connectivity index (χ1n) is 5.82. The number of benzene rings is 1. The number of aromatic nitrogens is 3. The molecule has 6 nitrogen and oxygen atoms in total. The van der Waals surface area contributed by atoms with Gasteiger partial charge in [-0.3, -0.25) is 9.20 Å². The Morgan fingerprint density at radius 2 is 2.05 bits per heavy atom. The van der Waals surface area contributed by atoms with Crippen molar-refractivity contribution in [3.8, 4) is 0 Å². The van der Waals surface area contributed by atoms with Gasteiger partial charge in [0.05, 0.1) is 5.56 Å². The van der Waals surface area contributed by atoms with Crippen LogP contribution in [0.2, 0.25) is 0 Å². The number of rotatable bonds is 3. The van der Waals surface area contributed by atoms with E-state index in [9.17, 15) is 4.79 Å². The van der Waals surface area contributed by atoms with Gasteiger partial charge in [0.2, 0.25) is 0 Å². The van der Waals surface area contributed by atoms with Crippen molar-refractivity contribution in [2.45, 2.75) is 10.1 Å².